The Morgan fingerprint density at radius 2 is 1.67 bits per heavy atom. The van der Waals surface area contributed by atoms with Gasteiger partial charge in [-0.1, -0.05) is 12.1 Å². The van der Waals surface area contributed by atoms with Crippen molar-refractivity contribution in [3.63, 3.8) is 0 Å². The van der Waals surface area contributed by atoms with E-state index in [0.717, 1.165) is 9.94 Å². The zero-order chi connectivity index (χ0) is 13.6. The molecule has 1 aromatic rings. The number of halogens is 1. The Morgan fingerprint density at radius 1 is 1.11 bits per heavy atom. The van der Waals surface area contributed by atoms with Crippen LogP contribution in [0.25, 0.3) is 0 Å². The molecule has 5 heteroatoms. The van der Waals surface area contributed by atoms with E-state index in [0.29, 0.717) is 0 Å². The maximum atomic E-state index is 6.09. The standard InChI is InChI=1S/C13H18BBrO2S/c1-12(2)13(3,4)17-14(16-12)9-7-6-8-10(15)11(9)18-5/h6-8H,1-5H3. The van der Waals surface area contributed by atoms with Crippen molar-refractivity contribution in [2.45, 2.75) is 43.8 Å². The van der Waals surface area contributed by atoms with Crippen LogP contribution in [-0.2, 0) is 9.31 Å². The van der Waals surface area contributed by atoms with E-state index in [9.17, 15) is 0 Å². The minimum Gasteiger partial charge on any atom is -0.399 e. The molecule has 0 aromatic heterocycles. The molecule has 0 N–H and O–H groups in total. The first-order chi connectivity index (χ1) is 8.28. The first kappa shape index (κ1) is 14.4. The van der Waals surface area contributed by atoms with Crippen molar-refractivity contribution in [2.75, 3.05) is 6.26 Å². The molecule has 0 bridgehead atoms. The minimum absolute atomic E-state index is 0.296. The summed E-state index contributed by atoms with van der Waals surface area (Å²) < 4.78 is 13.3. The van der Waals surface area contributed by atoms with Crippen LogP contribution in [0.5, 0.6) is 0 Å². The SMILES string of the molecule is CSc1c(Br)cccc1B1OC(C)(C)C(C)(C)O1. The Labute approximate surface area is 122 Å². The third-order valence-corrected chi connectivity index (χ3v) is 5.50. The van der Waals surface area contributed by atoms with Crippen LogP contribution in [0, 0.1) is 0 Å². The summed E-state index contributed by atoms with van der Waals surface area (Å²) in [6.45, 7) is 8.29. The van der Waals surface area contributed by atoms with Gasteiger partial charge in [-0.3, -0.25) is 0 Å². The minimum atomic E-state index is -0.296. The first-order valence-corrected chi connectivity index (χ1v) is 7.98. The van der Waals surface area contributed by atoms with E-state index in [4.69, 9.17) is 9.31 Å². The second-order valence-electron chi connectivity index (χ2n) is 5.45. The van der Waals surface area contributed by atoms with Gasteiger partial charge in [0.25, 0.3) is 0 Å². The molecule has 0 unspecified atom stereocenters. The molecule has 0 saturated carbocycles. The van der Waals surface area contributed by atoms with Crippen molar-refractivity contribution in [3.05, 3.63) is 22.7 Å². The summed E-state index contributed by atoms with van der Waals surface area (Å²) in [6.07, 6.45) is 2.06. The third kappa shape index (κ3) is 2.38. The lowest BCUT2D eigenvalue weighted by Crippen LogP contribution is -2.41. The second-order valence-corrected chi connectivity index (χ2v) is 7.12. The topological polar surface area (TPSA) is 18.5 Å². The van der Waals surface area contributed by atoms with Gasteiger partial charge in [0, 0.05) is 9.37 Å². The van der Waals surface area contributed by atoms with Crippen LogP contribution in [-0.4, -0.2) is 24.6 Å². The Hall–Kier alpha value is 0.0349. The smallest absolute Gasteiger partial charge is 0.399 e. The van der Waals surface area contributed by atoms with Gasteiger partial charge in [-0.15, -0.1) is 11.8 Å². The molecule has 1 saturated heterocycles. The van der Waals surface area contributed by atoms with Crippen molar-refractivity contribution in [2.24, 2.45) is 0 Å². The van der Waals surface area contributed by atoms with E-state index in [2.05, 4.69) is 55.9 Å². The van der Waals surface area contributed by atoms with Crippen LogP contribution < -0.4 is 5.46 Å². The van der Waals surface area contributed by atoms with Crippen LogP contribution in [0.2, 0.25) is 0 Å². The van der Waals surface area contributed by atoms with Crippen molar-refractivity contribution >= 4 is 40.3 Å². The van der Waals surface area contributed by atoms with Gasteiger partial charge in [0.2, 0.25) is 0 Å². The quantitative estimate of drug-likeness (QED) is 0.611. The van der Waals surface area contributed by atoms with E-state index in [1.54, 1.807) is 11.8 Å². The number of benzene rings is 1. The Morgan fingerprint density at radius 3 is 2.17 bits per heavy atom. The highest BCUT2D eigenvalue weighted by atomic mass is 79.9. The molecular formula is C13H18BBrO2S. The molecule has 2 nitrogen and oxygen atoms in total. The lowest BCUT2D eigenvalue weighted by Gasteiger charge is -2.32. The molecule has 1 aromatic carbocycles. The maximum Gasteiger partial charge on any atom is 0.496 e. The largest absolute Gasteiger partial charge is 0.496 e. The Kier molecular flexibility index (Phi) is 3.90. The van der Waals surface area contributed by atoms with Gasteiger partial charge in [0.15, 0.2) is 0 Å². The molecule has 18 heavy (non-hydrogen) atoms. The lowest BCUT2D eigenvalue weighted by molar-refractivity contribution is 0.00578. The summed E-state index contributed by atoms with van der Waals surface area (Å²) in [5.41, 5.74) is 0.501. The average molecular weight is 329 g/mol. The molecule has 0 atom stereocenters. The van der Waals surface area contributed by atoms with E-state index in [1.165, 1.54) is 4.90 Å². The molecular weight excluding hydrogens is 311 g/mol. The van der Waals surface area contributed by atoms with Crippen molar-refractivity contribution < 1.29 is 9.31 Å². The van der Waals surface area contributed by atoms with E-state index in [-0.39, 0.29) is 18.3 Å². The molecule has 2 rings (SSSR count). The van der Waals surface area contributed by atoms with Gasteiger partial charge in [0.05, 0.1) is 11.2 Å². The molecule has 0 spiro atoms. The summed E-state index contributed by atoms with van der Waals surface area (Å²) in [7, 11) is -0.296. The zero-order valence-corrected chi connectivity index (χ0v) is 13.8. The van der Waals surface area contributed by atoms with Gasteiger partial charge >= 0.3 is 7.12 Å². The fraction of sp³-hybridized carbons (Fsp3) is 0.538. The van der Waals surface area contributed by atoms with E-state index < -0.39 is 0 Å². The number of hydrogen-bond acceptors (Lipinski definition) is 3. The van der Waals surface area contributed by atoms with Crippen molar-refractivity contribution in [3.8, 4) is 0 Å². The average Bonchev–Trinajstić information content (AvgIpc) is 2.47. The summed E-state index contributed by atoms with van der Waals surface area (Å²) in [5, 5.41) is 0. The molecule has 1 heterocycles. The highest BCUT2D eigenvalue weighted by molar-refractivity contribution is 9.10. The number of hydrogen-bond donors (Lipinski definition) is 0. The summed E-state index contributed by atoms with van der Waals surface area (Å²) >= 11 is 5.28. The fourth-order valence-corrected chi connectivity index (χ4v) is 3.43. The molecule has 1 aliphatic rings. The monoisotopic (exact) mass is 328 g/mol. The van der Waals surface area contributed by atoms with Gasteiger partial charge in [0.1, 0.15) is 0 Å². The molecule has 1 aliphatic heterocycles. The van der Waals surface area contributed by atoms with E-state index >= 15 is 0 Å². The third-order valence-electron chi connectivity index (χ3n) is 3.71. The highest BCUT2D eigenvalue weighted by Crippen LogP contribution is 2.37. The first-order valence-electron chi connectivity index (χ1n) is 5.96. The van der Waals surface area contributed by atoms with Crippen LogP contribution in [0.3, 0.4) is 0 Å². The van der Waals surface area contributed by atoms with Crippen LogP contribution in [0.1, 0.15) is 27.7 Å². The maximum absolute atomic E-state index is 6.09. The van der Waals surface area contributed by atoms with Gasteiger partial charge in [-0.2, -0.15) is 0 Å². The van der Waals surface area contributed by atoms with Crippen LogP contribution in [0.15, 0.2) is 27.6 Å². The molecule has 0 radical (unpaired) electrons. The second kappa shape index (κ2) is 4.86. The number of thioether (sulfide) groups is 1. The zero-order valence-electron chi connectivity index (χ0n) is 11.4. The van der Waals surface area contributed by atoms with Crippen LogP contribution >= 0.6 is 27.7 Å². The Balaban J connectivity index is 2.38. The van der Waals surface area contributed by atoms with Crippen LogP contribution in [0.4, 0.5) is 0 Å². The van der Waals surface area contributed by atoms with Crippen molar-refractivity contribution in [1.82, 2.24) is 0 Å². The predicted molar refractivity (Wildman–Crippen MR) is 81.6 cm³/mol. The van der Waals surface area contributed by atoms with Gasteiger partial charge in [-0.25, -0.2) is 0 Å². The molecule has 1 fully saturated rings. The van der Waals surface area contributed by atoms with Gasteiger partial charge < -0.3 is 9.31 Å². The number of rotatable bonds is 2. The molecule has 0 aliphatic carbocycles. The molecule has 0 amide bonds. The van der Waals surface area contributed by atoms with Crippen molar-refractivity contribution in [1.29, 1.82) is 0 Å². The van der Waals surface area contributed by atoms with E-state index in [1.807, 2.05) is 12.1 Å². The highest BCUT2D eigenvalue weighted by Gasteiger charge is 2.52. The fourth-order valence-electron chi connectivity index (χ4n) is 1.90. The summed E-state index contributed by atoms with van der Waals surface area (Å²) in [5.74, 6) is 0. The predicted octanol–water partition coefficient (Wildman–Crippen LogP) is 3.47. The Bertz CT molecular complexity index is 446. The summed E-state index contributed by atoms with van der Waals surface area (Å²) in [4.78, 5) is 1.18. The molecule has 98 valence electrons. The lowest BCUT2D eigenvalue weighted by atomic mass is 9.79. The normalized spacial score (nSPS) is 21.3. The van der Waals surface area contributed by atoms with Gasteiger partial charge in [-0.05, 0) is 61.4 Å². The summed E-state index contributed by atoms with van der Waals surface area (Å²) in [6, 6.07) is 6.13.